The average Bonchev–Trinajstić information content (AvgIpc) is 2.32. The van der Waals surface area contributed by atoms with Crippen molar-refractivity contribution in [2.24, 2.45) is 0 Å². The monoisotopic (exact) mass is 253 g/mol. The van der Waals surface area contributed by atoms with E-state index in [4.69, 9.17) is 0 Å². The topological polar surface area (TPSA) is 12.0 Å². The van der Waals surface area contributed by atoms with Crippen LogP contribution in [0.3, 0.4) is 0 Å². The predicted octanol–water partition coefficient (Wildman–Crippen LogP) is 3.97. The number of hydrogen-bond acceptors (Lipinski definition) is 1. The normalized spacial score (nSPS) is 13.8. The number of benzene rings is 2. The van der Waals surface area contributed by atoms with Crippen LogP contribution in [0.2, 0.25) is 0 Å². The minimum atomic E-state index is -4.30. The second kappa shape index (κ2) is 4.61. The van der Waals surface area contributed by atoms with E-state index in [-0.39, 0.29) is 5.56 Å². The van der Waals surface area contributed by atoms with Crippen LogP contribution in [0.5, 0.6) is 0 Å². The number of hydrogen-bond donors (Lipinski definition) is 1. The maximum atomic E-state index is 13.0. The van der Waals surface area contributed by atoms with E-state index in [1.165, 1.54) is 7.05 Å². The predicted molar refractivity (Wildman–Crippen MR) is 66.5 cm³/mol. The van der Waals surface area contributed by atoms with E-state index in [1.807, 2.05) is 19.1 Å². The molecule has 0 saturated heterocycles. The van der Waals surface area contributed by atoms with Crippen molar-refractivity contribution in [2.45, 2.75) is 19.1 Å². The van der Waals surface area contributed by atoms with E-state index in [0.717, 1.165) is 10.9 Å². The number of halogens is 3. The zero-order chi connectivity index (χ0) is 13.3. The van der Waals surface area contributed by atoms with E-state index in [0.29, 0.717) is 5.39 Å². The van der Waals surface area contributed by atoms with Crippen LogP contribution in [0.15, 0.2) is 36.4 Å². The Labute approximate surface area is 104 Å². The first-order valence-electron chi connectivity index (χ1n) is 5.67. The summed E-state index contributed by atoms with van der Waals surface area (Å²) in [6, 6.07) is 8.81. The molecule has 1 N–H and O–H groups in total. The summed E-state index contributed by atoms with van der Waals surface area (Å²) in [5.41, 5.74) is 1.25. The Hall–Kier alpha value is -1.55. The van der Waals surface area contributed by atoms with Crippen LogP contribution in [0.25, 0.3) is 10.8 Å². The molecule has 2 aromatic carbocycles. The molecule has 2 aromatic rings. The second-order valence-corrected chi connectivity index (χ2v) is 4.28. The first-order chi connectivity index (χ1) is 8.45. The Balaban J connectivity index is 2.68. The largest absolute Gasteiger partial charge is 0.407 e. The summed E-state index contributed by atoms with van der Waals surface area (Å²) >= 11 is 0. The van der Waals surface area contributed by atoms with E-state index in [2.05, 4.69) is 5.32 Å². The van der Waals surface area contributed by atoms with Crippen molar-refractivity contribution in [3.63, 3.8) is 0 Å². The molecule has 1 atom stereocenters. The van der Waals surface area contributed by atoms with Gasteiger partial charge in [-0.25, -0.2) is 0 Å². The molecule has 18 heavy (non-hydrogen) atoms. The molecule has 0 amide bonds. The number of aryl methyl sites for hydroxylation is 1. The fraction of sp³-hybridized carbons (Fsp3) is 0.286. The van der Waals surface area contributed by atoms with Gasteiger partial charge >= 0.3 is 6.18 Å². The van der Waals surface area contributed by atoms with Crippen molar-refractivity contribution < 1.29 is 13.2 Å². The standard InChI is InChI=1S/C14H14F3N/c1-9-7-8-12(13(18-2)14(15,16)17)11-6-4-3-5-10(9)11/h3-8,13,18H,1-2H3. The molecule has 96 valence electrons. The van der Waals surface area contributed by atoms with E-state index in [9.17, 15) is 13.2 Å². The lowest BCUT2D eigenvalue weighted by atomic mass is 9.95. The molecule has 1 nitrogen and oxygen atoms in total. The zero-order valence-electron chi connectivity index (χ0n) is 10.2. The lowest BCUT2D eigenvalue weighted by Crippen LogP contribution is -2.31. The van der Waals surface area contributed by atoms with Gasteiger partial charge in [-0.2, -0.15) is 13.2 Å². The van der Waals surface area contributed by atoms with Gasteiger partial charge in [0.15, 0.2) is 0 Å². The van der Waals surface area contributed by atoms with Gasteiger partial charge in [0, 0.05) is 0 Å². The molecule has 0 radical (unpaired) electrons. The third kappa shape index (κ3) is 2.20. The van der Waals surface area contributed by atoms with Gasteiger partial charge < -0.3 is 5.32 Å². The molecule has 0 aromatic heterocycles. The van der Waals surface area contributed by atoms with Gasteiger partial charge in [-0.05, 0) is 35.9 Å². The van der Waals surface area contributed by atoms with Crippen molar-refractivity contribution in [1.29, 1.82) is 0 Å². The van der Waals surface area contributed by atoms with E-state index >= 15 is 0 Å². The molecule has 0 bridgehead atoms. The maximum absolute atomic E-state index is 13.0. The highest BCUT2D eigenvalue weighted by molar-refractivity contribution is 5.89. The van der Waals surface area contributed by atoms with Crippen LogP contribution >= 0.6 is 0 Å². The molecule has 0 fully saturated rings. The summed E-state index contributed by atoms with van der Waals surface area (Å²) in [5, 5.41) is 3.85. The third-order valence-electron chi connectivity index (χ3n) is 3.10. The first kappa shape index (κ1) is 12.9. The van der Waals surface area contributed by atoms with Crippen molar-refractivity contribution in [3.05, 3.63) is 47.5 Å². The number of alkyl halides is 3. The van der Waals surface area contributed by atoms with Gasteiger partial charge in [-0.15, -0.1) is 0 Å². The molecular formula is C14H14F3N. The Morgan fingerprint density at radius 3 is 2.17 bits per heavy atom. The average molecular weight is 253 g/mol. The molecular weight excluding hydrogens is 239 g/mol. The molecule has 1 unspecified atom stereocenters. The first-order valence-corrected chi connectivity index (χ1v) is 5.67. The van der Waals surface area contributed by atoms with Gasteiger partial charge in [0.25, 0.3) is 0 Å². The fourth-order valence-electron chi connectivity index (χ4n) is 2.22. The van der Waals surface area contributed by atoms with Crippen LogP contribution in [0.1, 0.15) is 17.2 Å². The lowest BCUT2D eigenvalue weighted by molar-refractivity contribution is -0.156. The number of nitrogens with one attached hydrogen (secondary N) is 1. The van der Waals surface area contributed by atoms with Gasteiger partial charge in [0.1, 0.15) is 6.04 Å². The van der Waals surface area contributed by atoms with Crippen molar-refractivity contribution in [1.82, 2.24) is 5.32 Å². The highest BCUT2D eigenvalue weighted by Gasteiger charge is 2.40. The van der Waals surface area contributed by atoms with Crippen LogP contribution in [0, 0.1) is 6.92 Å². The van der Waals surface area contributed by atoms with Crippen molar-refractivity contribution in [2.75, 3.05) is 7.05 Å². The molecule has 4 heteroatoms. The van der Waals surface area contributed by atoms with Crippen LogP contribution < -0.4 is 5.32 Å². The summed E-state index contributed by atoms with van der Waals surface area (Å²) in [6.07, 6.45) is -4.30. The smallest absolute Gasteiger partial charge is 0.306 e. The second-order valence-electron chi connectivity index (χ2n) is 4.28. The van der Waals surface area contributed by atoms with Gasteiger partial charge in [0.2, 0.25) is 0 Å². The third-order valence-corrected chi connectivity index (χ3v) is 3.10. The summed E-state index contributed by atoms with van der Waals surface area (Å²) in [7, 11) is 1.33. The molecule has 2 rings (SSSR count). The summed E-state index contributed by atoms with van der Waals surface area (Å²) in [4.78, 5) is 0. The minimum absolute atomic E-state index is 0.270. The van der Waals surface area contributed by atoms with E-state index in [1.54, 1.807) is 24.3 Å². The minimum Gasteiger partial charge on any atom is -0.306 e. The number of rotatable bonds is 2. The van der Waals surface area contributed by atoms with Crippen molar-refractivity contribution in [3.8, 4) is 0 Å². The molecule has 0 aliphatic carbocycles. The van der Waals surface area contributed by atoms with Crippen LogP contribution in [0.4, 0.5) is 13.2 Å². The Kier molecular flexibility index (Phi) is 3.30. The maximum Gasteiger partial charge on any atom is 0.407 e. The Morgan fingerprint density at radius 1 is 1.00 bits per heavy atom. The summed E-state index contributed by atoms with van der Waals surface area (Å²) in [5.74, 6) is 0. The summed E-state index contributed by atoms with van der Waals surface area (Å²) < 4.78 is 38.9. The molecule has 0 spiro atoms. The lowest BCUT2D eigenvalue weighted by Gasteiger charge is -2.22. The SMILES string of the molecule is CNC(c1ccc(C)c2ccccc12)C(F)(F)F. The zero-order valence-corrected chi connectivity index (χ0v) is 10.2. The molecule has 0 heterocycles. The van der Waals surface area contributed by atoms with Crippen LogP contribution in [-0.4, -0.2) is 13.2 Å². The van der Waals surface area contributed by atoms with Gasteiger partial charge in [-0.1, -0.05) is 36.4 Å². The summed E-state index contributed by atoms with van der Waals surface area (Å²) in [6.45, 7) is 1.90. The van der Waals surface area contributed by atoms with Crippen molar-refractivity contribution >= 4 is 10.8 Å². The van der Waals surface area contributed by atoms with Crippen LogP contribution in [-0.2, 0) is 0 Å². The Bertz CT molecular complexity index is 560. The molecule has 0 aliphatic rings. The number of fused-ring (bicyclic) bond motifs is 1. The highest BCUT2D eigenvalue weighted by Crippen LogP contribution is 2.36. The van der Waals surface area contributed by atoms with Gasteiger partial charge in [-0.3, -0.25) is 0 Å². The molecule has 0 saturated carbocycles. The fourth-order valence-corrected chi connectivity index (χ4v) is 2.22. The van der Waals surface area contributed by atoms with E-state index < -0.39 is 12.2 Å². The quantitative estimate of drug-likeness (QED) is 0.853. The molecule has 0 aliphatic heterocycles. The Morgan fingerprint density at radius 2 is 1.61 bits per heavy atom. The van der Waals surface area contributed by atoms with Gasteiger partial charge in [0.05, 0.1) is 0 Å². The highest BCUT2D eigenvalue weighted by atomic mass is 19.4.